The van der Waals surface area contributed by atoms with Crippen LogP contribution in [0.3, 0.4) is 0 Å². The van der Waals surface area contributed by atoms with Crippen LogP contribution in [0, 0.1) is 0 Å². The van der Waals surface area contributed by atoms with Crippen LogP contribution in [0.1, 0.15) is 59.8 Å². The van der Waals surface area contributed by atoms with Gasteiger partial charge in [-0.15, -0.1) is 0 Å². The van der Waals surface area contributed by atoms with E-state index in [2.05, 4.69) is 32.6 Å². The molecular weight excluding hydrogens is 184 g/mol. The molecule has 1 fully saturated rings. The summed E-state index contributed by atoms with van der Waals surface area (Å²) < 4.78 is 0. The SMILES string of the molecule is CCC1CCC(C)N1C(CC)(CC)CN. The van der Waals surface area contributed by atoms with Crippen LogP contribution < -0.4 is 5.73 Å². The highest BCUT2D eigenvalue weighted by atomic mass is 15.3. The molecule has 0 aromatic carbocycles. The highest BCUT2D eigenvalue weighted by Crippen LogP contribution is 2.36. The Morgan fingerprint density at radius 3 is 2.20 bits per heavy atom. The van der Waals surface area contributed by atoms with Gasteiger partial charge in [-0.05, 0) is 39.0 Å². The van der Waals surface area contributed by atoms with Gasteiger partial charge in [0.25, 0.3) is 0 Å². The third kappa shape index (κ3) is 2.21. The van der Waals surface area contributed by atoms with Crippen LogP contribution in [0.2, 0.25) is 0 Å². The smallest absolute Gasteiger partial charge is 0.0332 e. The van der Waals surface area contributed by atoms with Gasteiger partial charge in [-0.25, -0.2) is 0 Å². The molecule has 2 heteroatoms. The fourth-order valence-electron chi connectivity index (χ4n) is 3.34. The number of rotatable bonds is 5. The Labute approximate surface area is 95.2 Å². The predicted octanol–water partition coefficient (Wildman–Crippen LogP) is 2.77. The van der Waals surface area contributed by atoms with Crippen molar-refractivity contribution in [2.24, 2.45) is 5.73 Å². The Bertz CT molecular complexity index is 179. The van der Waals surface area contributed by atoms with Gasteiger partial charge in [0, 0.05) is 24.2 Å². The maximum Gasteiger partial charge on any atom is 0.0332 e. The van der Waals surface area contributed by atoms with Gasteiger partial charge < -0.3 is 5.73 Å². The predicted molar refractivity (Wildman–Crippen MR) is 67.0 cm³/mol. The maximum atomic E-state index is 6.05. The summed E-state index contributed by atoms with van der Waals surface area (Å²) in [7, 11) is 0. The second kappa shape index (κ2) is 5.31. The lowest BCUT2D eigenvalue weighted by molar-refractivity contribution is 0.0388. The molecule has 2 nitrogen and oxygen atoms in total. The van der Waals surface area contributed by atoms with Crippen LogP contribution in [0.15, 0.2) is 0 Å². The minimum Gasteiger partial charge on any atom is -0.329 e. The van der Waals surface area contributed by atoms with Crippen molar-refractivity contribution in [2.75, 3.05) is 6.54 Å². The molecule has 1 aliphatic heterocycles. The molecule has 0 spiro atoms. The van der Waals surface area contributed by atoms with Crippen LogP contribution in [0.5, 0.6) is 0 Å². The quantitative estimate of drug-likeness (QED) is 0.759. The van der Waals surface area contributed by atoms with Gasteiger partial charge >= 0.3 is 0 Å². The summed E-state index contributed by atoms with van der Waals surface area (Å²) in [5, 5.41) is 0. The van der Waals surface area contributed by atoms with Crippen LogP contribution in [0.4, 0.5) is 0 Å². The minimum absolute atomic E-state index is 0.261. The first-order chi connectivity index (χ1) is 7.15. The Kier molecular flexibility index (Phi) is 4.60. The molecule has 0 saturated carbocycles. The van der Waals surface area contributed by atoms with Crippen LogP contribution in [0.25, 0.3) is 0 Å². The van der Waals surface area contributed by atoms with Crippen LogP contribution >= 0.6 is 0 Å². The van der Waals surface area contributed by atoms with E-state index < -0.39 is 0 Å². The largest absolute Gasteiger partial charge is 0.329 e. The van der Waals surface area contributed by atoms with Crippen molar-refractivity contribution >= 4 is 0 Å². The average Bonchev–Trinajstić information content (AvgIpc) is 2.65. The van der Waals surface area contributed by atoms with E-state index in [9.17, 15) is 0 Å². The molecular formula is C13H28N2. The third-order valence-electron chi connectivity index (χ3n) is 4.50. The van der Waals surface area contributed by atoms with Crippen LogP contribution in [-0.2, 0) is 0 Å². The van der Waals surface area contributed by atoms with Crippen LogP contribution in [-0.4, -0.2) is 29.1 Å². The lowest BCUT2D eigenvalue weighted by Crippen LogP contribution is -2.57. The Balaban J connectivity index is 2.89. The van der Waals surface area contributed by atoms with Crippen molar-refractivity contribution in [3.8, 4) is 0 Å². The third-order valence-corrected chi connectivity index (χ3v) is 4.50. The first-order valence-electron chi connectivity index (χ1n) is 6.63. The average molecular weight is 212 g/mol. The molecule has 0 radical (unpaired) electrons. The molecule has 0 bridgehead atoms. The van der Waals surface area contributed by atoms with Gasteiger partial charge in [-0.2, -0.15) is 0 Å². The summed E-state index contributed by atoms with van der Waals surface area (Å²) in [4.78, 5) is 2.73. The van der Waals surface area contributed by atoms with E-state index in [0.29, 0.717) is 0 Å². The lowest BCUT2D eigenvalue weighted by Gasteiger charge is -2.46. The van der Waals surface area contributed by atoms with Gasteiger partial charge in [-0.3, -0.25) is 4.90 Å². The molecule has 1 saturated heterocycles. The first-order valence-corrected chi connectivity index (χ1v) is 6.63. The van der Waals surface area contributed by atoms with E-state index >= 15 is 0 Å². The van der Waals surface area contributed by atoms with Crippen molar-refractivity contribution in [3.63, 3.8) is 0 Å². The van der Waals surface area contributed by atoms with E-state index in [1.807, 2.05) is 0 Å². The number of nitrogens with two attached hydrogens (primary N) is 1. The second-order valence-electron chi connectivity index (χ2n) is 5.03. The summed E-state index contributed by atoms with van der Waals surface area (Å²) in [6.07, 6.45) is 6.34. The number of hydrogen-bond donors (Lipinski definition) is 1. The first kappa shape index (κ1) is 13.0. The zero-order valence-corrected chi connectivity index (χ0v) is 10.9. The fraction of sp³-hybridized carbons (Fsp3) is 1.00. The topological polar surface area (TPSA) is 29.3 Å². The fourth-order valence-corrected chi connectivity index (χ4v) is 3.34. The van der Waals surface area contributed by atoms with E-state index in [1.165, 1.54) is 32.1 Å². The van der Waals surface area contributed by atoms with Crippen molar-refractivity contribution in [2.45, 2.75) is 77.4 Å². The summed E-state index contributed by atoms with van der Waals surface area (Å²) in [6, 6.07) is 1.49. The molecule has 2 unspecified atom stereocenters. The monoisotopic (exact) mass is 212 g/mol. The molecule has 1 rings (SSSR count). The molecule has 1 aliphatic rings. The Hall–Kier alpha value is -0.0800. The molecule has 0 aromatic heterocycles. The van der Waals surface area contributed by atoms with E-state index in [1.54, 1.807) is 0 Å². The normalized spacial score (nSPS) is 28.6. The molecule has 1 heterocycles. The molecule has 15 heavy (non-hydrogen) atoms. The van der Waals surface area contributed by atoms with Crippen molar-refractivity contribution in [3.05, 3.63) is 0 Å². The summed E-state index contributed by atoms with van der Waals surface area (Å²) >= 11 is 0. The van der Waals surface area contributed by atoms with Gasteiger partial charge in [0.15, 0.2) is 0 Å². The van der Waals surface area contributed by atoms with Gasteiger partial charge in [0.05, 0.1) is 0 Å². The molecule has 2 atom stereocenters. The molecule has 0 aromatic rings. The number of likely N-dealkylation sites (tertiary alicyclic amines) is 1. The Morgan fingerprint density at radius 2 is 1.80 bits per heavy atom. The number of hydrogen-bond acceptors (Lipinski definition) is 2. The van der Waals surface area contributed by atoms with E-state index in [4.69, 9.17) is 5.73 Å². The van der Waals surface area contributed by atoms with Gasteiger partial charge in [0.2, 0.25) is 0 Å². The standard InChI is InChI=1S/C13H28N2/c1-5-12-9-8-11(4)15(12)13(6-2,7-3)10-14/h11-12H,5-10,14H2,1-4H3. The molecule has 0 aliphatic carbocycles. The summed E-state index contributed by atoms with van der Waals surface area (Å²) in [5.41, 5.74) is 6.31. The number of nitrogens with zero attached hydrogens (tertiary/aromatic N) is 1. The Morgan fingerprint density at radius 1 is 1.20 bits per heavy atom. The van der Waals surface area contributed by atoms with Crippen molar-refractivity contribution < 1.29 is 0 Å². The highest BCUT2D eigenvalue weighted by Gasteiger charge is 2.42. The molecule has 0 amide bonds. The van der Waals surface area contributed by atoms with Crippen molar-refractivity contribution in [1.82, 2.24) is 4.90 Å². The zero-order valence-electron chi connectivity index (χ0n) is 10.9. The summed E-state index contributed by atoms with van der Waals surface area (Å²) in [5.74, 6) is 0. The zero-order chi connectivity index (χ0) is 11.5. The van der Waals surface area contributed by atoms with Crippen molar-refractivity contribution in [1.29, 1.82) is 0 Å². The minimum atomic E-state index is 0.261. The maximum absolute atomic E-state index is 6.05. The second-order valence-corrected chi connectivity index (χ2v) is 5.03. The highest BCUT2D eigenvalue weighted by molar-refractivity contribution is 4.98. The summed E-state index contributed by atoms with van der Waals surface area (Å²) in [6.45, 7) is 10.1. The van der Waals surface area contributed by atoms with E-state index in [0.717, 1.165) is 18.6 Å². The van der Waals surface area contributed by atoms with Gasteiger partial charge in [-0.1, -0.05) is 20.8 Å². The molecule has 90 valence electrons. The van der Waals surface area contributed by atoms with E-state index in [-0.39, 0.29) is 5.54 Å². The molecule has 2 N–H and O–H groups in total. The lowest BCUT2D eigenvalue weighted by atomic mass is 9.88. The van der Waals surface area contributed by atoms with Gasteiger partial charge in [0.1, 0.15) is 0 Å².